The molecule has 0 N–H and O–H groups in total. The summed E-state index contributed by atoms with van der Waals surface area (Å²) in [7, 11) is 3.29. The van der Waals surface area contributed by atoms with Crippen molar-refractivity contribution in [1.29, 1.82) is 0 Å². The summed E-state index contributed by atoms with van der Waals surface area (Å²) in [5, 5.41) is 0. The summed E-state index contributed by atoms with van der Waals surface area (Å²) in [6, 6.07) is -0.285. The normalized spacial score (nSPS) is 33.3. The predicted molar refractivity (Wildman–Crippen MR) is 48.3 cm³/mol. The van der Waals surface area contributed by atoms with E-state index in [9.17, 15) is 9.59 Å². The molecule has 5 nitrogen and oxygen atoms in total. The molecular formula is C9H14N2O3. The van der Waals surface area contributed by atoms with Crippen LogP contribution in [0.2, 0.25) is 0 Å². The fourth-order valence-electron chi connectivity index (χ4n) is 1.98. The molecule has 3 rings (SSSR count). The van der Waals surface area contributed by atoms with Gasteiger partial charge in [-0.2, -0.15) is 0 Å². The molecule has 5 heteroatoms. The van der Waals surface area contributed by atoms with Crippen LogP contribution in [0.3, 0.4) is 0 Å². The van der Waals surface area contributed by atoms with Crippen molar-refractivity contribution in [1.82, 2.24) is 9.80 Å². The number of fused-ring (bicyclic) bond motifs is 5. The Labute approximate surface area is 82.6 Å². The first-order chi connectivity index (χ1) is 6.63. The molecule has 0 saturated carbocycles. The maximum absolute atomic E-state index is 11.8. The monoisotopic (exact) mass is 198 g/mol. The molecule has 2 amide bonds. The van der Waals surface area contributed by atoms with Crippen LogP contribution in [-0.2, 0) is 14.3 Å². The highest BCUT2D eigenvalue weighted by Gasteiger charge is 2.44. The highest BCUT2D eigenvalue weighted by atomic mass is 16.5. The molecular weight excluding hydrogens is 184 g/mol. The molecule has 2 bridgehead atoms. The number of carbonyl (C=O) groups excluding carboxylic acids is 2. The first-order valence-electron chi connectivity index (χ1n) is 4.78. The lowest BCUT2D eigenvalue weighted by molar-refractivity contribution is -0.183. The van der Waals surface area contributed by atoms with E-state index in [2.05, 4.69) is 0 Å². The summed E-state index contributed by atoms with van der Waals surface area (Å²) in [5.74, 6) is -0.131. The van der Waals surface area contributed by atoms with Gasteiger partial charge in [0, 0.05) is 20.7 Å². The molecule has 0 spiro atoms. The summed E-state index contributed by atoms with van der Waals surface area (Å²) in [6.45, 7) is 0.554. The summed E-state index contributed by atoms with van der Waals surface area (Å²) >= 11 is 0. The van der Waals surface area contributed by atoms with Gasteiger partial charge in [-0.1, -0.05) is 0 Å². The Morgan fingerprint density at radius 3 is 2.64 bits per heavy atom. The number of rotatable bonds is 0. The molecule has 1 unspecified atom stereocenters. The minimum atomic E-state index is -0.705. The van der Waals surface area contributed by atoms with E-state index in [1.165, 1.54) is 9.80 Å². The largest absolute Gasteiger partial charge is 0.349 e. The van der Waals surface area contributed by atoms with E-state index < -0.39 is 6.23 Å². The van der Waals surface area contributed by atoms with Gasteiger partial charge >= 0.3 is 0 Å². The molecule has 0 aliphatic carbocycles. The highest BCUT2D eigenvalue weighted by Crippen LogP contribution is 2.22. The van der Waals surface area contributed by atoms with Crippen LogP contribution >= 0.6 is 0 Å². The van der Waals surface area contributed by atoms with Crippen molar-refractivity contribution in [2.24, 2.45) is 0 Å². The minimum absolute atomic E-state index is 0.0169. The van der Waals surface area contributed by atoms with E-state index in [4.69, 9.17) is 4.74 Å². The maximum Gasteiger partial charge on any atom is 0.273 e. The van der Waals surface area contributed by atoms with Crippen molar-refractivity contribution in [3.8, 4) is 0 Å². The van der Waals surface area contributed by atoms with E-state index in [0.717, 1.165) is 6.42 Å². The lowest BCUT2D eigenvalue weighted by Gasteiger charge is -2.43. The Hall–Kier alpha value is -1.10. The third-order valence-electron chi connectivity index (χ3n) is 2.91. The van der Waals surface area contributed by atoms with E-state index in [-0.39, 0.29) is 17.9 Å². The van der Waals surface area contributed by atoms with E-state index in [1.807, 2.05) is 0 Å². The highest BCUT2D eigenvalue weighted by molar-refractivity contribution is 5.95. The Balaban J connectivity index is 2.33. The average Bonchev–Trinajstić information content (AvgIpc) is 2.15. The topological polar surface area (TPSA) is 49.9 Å². The molecule has 3 fully saturated rings. The molecule has 14 heavy (non-hydrogen) atoms. The van der Waals surface area contributed by atoms with Crippen molar-refractivity contribution in [2.45, 2.75) is 25.1 Å². The lowest BCUT2D eigenvalue weighted by atomic mass is 10.0. The predicted octanol–water partition coefficient (Wildman–Crippen LogP) is -0.578. The van der Waals surface area contributed by atoms with E-state index in [0.29, 0.717) is 13.0 Å². The molecule has 0 radical (unpaired) electrons. The number of amides is 2. The van der Waals surface area contributed by atoms with E-state index >= 15 is 0 Å². The van der Waals surface area contributed by atoms with Gasteiger partial charge in [0.05, 0.1) is 0 Å². The second-order valence-electron chi connectivity index (χ2n) is 3.78. The van der Waals surface area contributed by atoms with Gasteiger partial charge in [0.2, 0.25) is 12.1 Å². The van der Waals surface area contributed by atoms with Crippen LogP contribution in [-0.4, -0.2) is 54.6 Å². The molecule has 3 aliphatic heterocycles. The van der Waals surface area contributed by atoms with Crippen LogP contribution in [0.1, 0.15) is 12.8 Å². The minimum Gasteiger partial charge on any atom is -0.349 e. The number of ether oxygens (including phenoxy) is 1. The zero-order valence-electron chi connectivity index (χ0n) is 8.40. The number of likely N-dealkylation sites (N-methyl/N-ethyl adjacent to an activating group) is 2. The molecule has 3 heterocycles. The fourth-order valence-corrected chi connectivity index (χ4v) is 1.98. The Kier molecular flexibility index (Phi) is 2.19. The zero-order chi connectivity index (χ0) is 10.3. The van der Waals surface area contributed by atoms with Crippen molar-refractivity contribution in [3.05, 3.63) is 0 Å². The van der Waals surface area contributed by atoms with Crippen LogP contribution in [0.4, 0.5) is 0 Å². The van der Waals surface area contributed by atoms with Gasteiger partial charge in [-0.25, -0.2) is 0 Å². The number of piperazine rings is 1. The molecule has 0 aromatic heterocycles. The second-order valence-corrected chi connectivity index (χ2v) is 3.78. The van der Waals surface area contributed by atoms with Gasteiger partial charge in [-0.15, -0.1) is 0 Å². The van der Waals surface area contributed by atoms with Crippen LogP contribution in [0.5, 0.6) is 0 Å². The van der Waals surface area contributed by atoms with Crippen molar-refractivity contribution in [2.75, 3.05) is 20.7 Å². The first-order valence-corrected chi connectivity index (χ1v) is 4.78. The fraction of sp³-hybridized carbons (Fsp3) is 0.778. The summed E-state index contributed by atoms with van der Waals surface area (Å²) < 4.78 is 5.35. The molecule has 3 aliphatic rings. The summed E-state index contributed by atoms with van der Waals surface area (Å²) in [5.41, 5.74) is 0. The maximum atomic E-state index is 11.8. The third-order valence-corrected chi connectivity index (χ3v) is 2.91. The molecule has 2 atom stereocenters. The first kappa shape index (κ1) is 9.45. The third kappa shape index (κ3) is 1.19. The standard InChI is InChI=1S/C9H14N2O3/c1-10-6-4-3-5-14-9(8(10)13)11(2)7(6)12/h6,9H,3-5H2,1-2H3/t6-,9?/m0/s1. The van der Waals surface area contributed by atoms with Crippen LogP contribution < -0.4 is 0 Å². The number of carbonyl (C=O) groups is 2. The molecule has 0 aromatic rings. The quantitative estimate of drug-likeness (QED) is 0.523. The van der Waals surface area contributed by atoms with Gasteiger partial charge in [-0.05, 0) is 12.8 Å². The van der Waals surface area contributed by atoms with Crippen molar-refractivity contribution in [3.63, 3.8) is 0 Å². The van der Waals surface area contributed by atoms with Gasteiger partial charge in [0.1, 0.15) is 6.04 Å². The van der Waals surface area contributed by atoms with Gasteiger partial charge < -0.3 is 14.5 Å². The number of hydrogen-bond acceptors (Lipinski definition) is 3. The Bertz CT molecular complexity index is 251. The molecule has 3 saturated heterocycles. The smallest absolute Gasteiger partial charge is 0.273 e. The lowest BCUT2D eigenvalue weighted by Crippen LogP contribution is -2.64. The van der Waals surface area contributed by atoms with Gasteiger partial charge in [0.25, 0.3) is 5.91 Å². The van der Waals surface area contributed by atoms with Gasteiger partial charge in [0.15, 0.2) is 0 Å². The molecule has 0 aromatic carbocycles. The van der Waals surface area contributed by atoms with Crippen molar-refractivity contribution >= 4 is 11.8 Å². The average molecular weight is 198 g/mol. The van der Waals surface area contributed by atoms with Crippen LogP contribution in [0.15, 0.2) is 0 Å². The second kappa shape index (κ2) is 3.24. The van der Waals surface area contributed by atoms with Crippen molar-refractivity contribution < 1.29 is 14.3 Å². The van der Waals surface area contributed by atoms with E-state index in [1.54, 1.807) is 14.1 Å². The van der Waals surface area contributed by atoms with Gasteiger partial charge in [-0.3, -0.25) is 9.59 Å². The summed E-state index contributed by atoms with van der Waals surface area (Å²) in [6.07, 6.45) is 0.820. The van der Waals surface area contributed by atoms with Crippen LogP contribution in [0.25, 0.3) is 0 Å². The summed E-state index contributed by atoms with van der Waals surface area (Å²) in [4.78, 5) is 26.4. The van der Waals surface area contributed by atoms with Crippen LogP contribution in [0, 0.1) is 0 Å². The Morgan fingerprint density at radius 1 is 1.21 bits per heavy atom. The number of hydrogen-bond donors (Lipinski definition) is 0. The Morgan fingerprint density at radius 2 is 1.93 bits per heavy atom. The molecule has 78 valence electrons. The number of nitrogens with zero attached hydrogens (tertiary/aromatic N) is 2. The SMILES string of the molecule is CN1C(=O)[C@@H]2CCCOC1C(=O)N2C. The zero-order valence-corrected chi connectivity index (χ0v) is 8.40.